The van der Waals surface area contributed by atoms with E-state index in [1.807, 2.05) is 42.1 Å². The van der Waals surface area contributed by atoms with Crippen LogP contribution in [0, 0.1) is 0 Å². The van der Waals surface area contributed by atoms with Gasteiger partial charge in [0.15, 0.2) is 0 Å². The number of aromatic nitrogens is 2. The SMILES string of the molecule is COC(=O)c1ccc2c(c1)C(SCCc1nc3ccccc3n1C)c1ccccc1CO2. The molecule has 3 aromatic carbocycles. The molecule has 1 aromatic heterocycles. The van der Waals surface area contributed by atoms with Gasteiger partial charge in [-0.2, -0.15) is 0 Å². The number of hydrogen-bond donors (Lipinski definition) is 0. The lowest BCUT2D eigenvalue weighted by Gasteiger charge is -2.19. The Labute approximate surface area is 191 Å². The largest absolute Gasteiger partial charge is 0.489 e. The van der Waals surface area contributed by atoms with E-state index in [9.17, 15) is 4.79 Å². The molecule has 0 amide bonds. The van der Waals surface area contributed by atoms with Crippen LogP contribution in [0.4, 0.5) is 0 Å². The summed E-state index contributed by atoms with van der Waals surface area (Å²) in [4.78, 5) is 17.0. The molecule has 1 aliphatic rings. The second-order valence-electron chi connectivity index (χ2n) is 7.81. The molecule has 162 valence electrons. The Bertz CT molecular complexity index is 1300. The highest BCUT2D eigenvalue weighted by Gasteiger charge is 2.26. The number of thioether (sulfide) groups is 1. The highest BCUT2D eigenvalue weighted by atomic mass is 32.2. The van der Waals surface area contributed by atoms with Gasteiger partial charge < -0.3 is 14.0 Å². The van der Waals surface area contributed by atoms with Crippen LogP contribution in [0.3, 0.4) is 0 Å². The summed E-state index contributed by atoms with van der Waals surface area (Å²) < 4.78 is 13.2. The molecule has 6 heteroatoms. The lowest BCUT2D eigenvalue weighted by atomic mass is 9.98. The molecule has 32 heavy (non-hydrogen) atoms. The number of aryl methyl sites for hydroxylation is 2. The van der Waals surface area contributed by atoms with Crippen LogP contribution in [0.15, 0.2) is 66.7 Å². The minimum Gasteiger partial charge on any atom is -0.489 e. The quantitative estimate of drug-likeness (QED) is 0.390. The fourth-order valence-electron chi connectivity index (χ4n) is 4.24. The third-order valence-corrected chi connectivity index (χ3v) is 7.21. The maximum absolute atomic E-state index is 12.2. The zero-order valence-electron chi connectivity index (χ0n) is 18.1. The number of carbonyl (C=O) groups is 1. The van der Waals surface area contributed by atoms with Gasteiger partial charge in [0, 0.05) is 24.8 Å². The molecule has 0 radical (unpaired) electrons. The molecule has 0 fully saturated rings. The lowest BCUT2D eigenvalue weighted by molar-refractivity contribution is 0.0600. The fraction of sp³-hybridized carbons (Fsp3) is 0.231. The monoisotopic (exact) mass is 444 g/mol. The second kappa shape index (κ2) is 8.71. The van der Waals surface area contributed by atoms with Crippen LogP contribution < -0.4 is 4.74 Å². The van der Waals surface area contributed by atoms with E-state index in [4.69, 9.17) is 14.5 Å². The summed E-state index contributed by atoms with van der Waals surface area (Å²) in [5.41, 5.74) is 6.11. The number of fused-ring (bicyclic) bond motifs is 3. The average Bonchev–Trinajstić information content (AvgIpc) is 3.06. The van der Waals surface area contributed by atoms with Gasteiger partial charge in [0.25, 0.3) is 0 Å². The molecule has 4 aromatic rings. The van der Waals surface area contributed by atoms with Crippen LogP contribution in [0.1, 0.15) is 38.1 Å². The van der Waals surface area contributed by atoms with Crippen LogP contribution >= 0.6 is 11.8 Å². The fourth-order valence-corrected chi connectivity index (χ4v) is 5.55. The minimum absolute atomic E-state index is 0.0583. The molecular formula is C26H24N2O3S. The third-order valence-electron chi connectivity index (χ3n) is 5.92. The van der Waals surface area contributed by atoms with Crippen molar-refractivity contribution in [1.29, 1.82) is 0 Å². The summed E-state index contributed by atoms with van der Waals surface area (Å²) >= 11 is 1.85. The van der Waals surface area contributed by atoms with Crippen LogP contribution in [-0.4, -0.2) is 28.4 Å². The van der Waals surface area contributed by atoms with Crippen LogP contribution in [0.5, 0.6) is 5.75 Å². The van der Waals surface area contributed by atoms with Gasteiger partial charge in [-0.3, -0.25) is 0 Å². The van der Waals surface area contributed by atoms with Crippen LogP contribution in [-0.2, 0) is 24.8 Å². The van der Waals surface area contributed by atoms with E-state index in [0.29, 0.717) is 12.2 Å². The molecule has 1 atom stereocenters. The number of carbonyl (C=O) groups excluding carboxylic acids is 1. The van der Waals surface area contributed by atoms with Crippen molar-refractivity contribution in [2.24, 2.45) is 7.05 Å². The van der Waals surface area contributed by atoms with Gasteiger partial charge in [0.1, 0.15) is 18.2 Å². The van der Waals surface area contributed by atoms with E-state index >= 15 is 0 Å². The maximum atomic E-state index is 12.2. The Morgan fingerprint density at radius 3 is 2.78 bits per heavy atom. The normalized spacial score (nSPS) is 14.9. The number of ether oxygens (including phenoxy) is 2. The van der Waals surface area contributed by atoms with E-state index in [1.54, 1.807) is 6.07 Å². The molecule has 2 heterocycles. The molecule has 0 spiro atoms. The molecule has 1 unspecified atom stereocenters. The summed E-state index contributed by atoms with van der Waals surface area (Å²) in [5.74, 6) is 2.43. The maximum Gasteiger partial charge on any atom is 0.337 e. The Morgan fingerprint density at radius 2 is 1.94 bits per heavy atom. The number of hydrogen-bond acceptors (Lipinski definition) is 5. The number of nitrogens with zero attached hydrogens (tertiary/aromatic N) is 2. The summed E-state index contributed by atoms with van der Waals surface area (Å²) in [6.07, 6.45) is 0.849. The number of rotatable bonds is 5. The third kappa shape index (κ3) is 3.75. The Balaban J connectivity index is 1.46. The van der Waals surface area contributed by atoms with Gasteiger partial charge in [-0.05, 0) is 41.5 Å². The Morgan fingerprint density at radius 1 is 1.12 bits per heavy atom. The summed E-state index contributed by atoms with van der Waals surface area (Å²) in [6.45, 7) is 0.516. The minimum atomic E-state index is -0.339. The van der Waals surface area contributed by atoms with Gasteiger partial charge in [-0.25, -0.2) is 9.78 Å². The smallest absolute Gasteiger partial charge is 0.337 e. The molecule has 1 aliphatic heterocycles. The first-order chi connectivity index (χ1) is 15.7. The molecule has 0 aliphatic carbocycles. The lowest BCUT2D eigenvalue weighted by Crippen LogP contribution is -2.06. The molecule has 0 saturated heterocycles. The molecule has 0 bridgehead atoms. The molecule has 0 N–H and O–H groups in total. The van der Waals surface area contributed by atoms with Crippen molar-refractivity contribution in [3.05, 3.63) is 94.8 Å². The van der Waals surface area contributed by atoms with E-state index in [1.165, 1.54) is 18.2 Å². The molecule has 5 nitrogen and oxygen atoms in total. The van der Waals surface area contributed by atoms with Crippen molar-refractivity contribution < 1.29 is 14.3 Å². The van der Waals surface area contributed by atoms with Crippen molar-refractivity contribution in [1.82, 2.24) is 9.55 Å². The first-order valence-corrected chi connectivity index (χ1v) is 11.7. The summed E-state index contributed by atoms with van der Waals surface area (Å²) in [5, 5.41) is 0.0583. The van der Waals surface area contributed by atoms with E-state index < -0.39 is 0 Å². The van der Waals surface area contributed by atoms with Gasteiger partial charge in [0.2, 0.25) is 0 Å². The number of para-hydroxylation sites is 2. The standard InChI is InChI=1S/C26H24N2O3S/c1-28-22-10-6-5-9-21(22)27-24(28)13-14-32-25-19-8-4-3-7-18(19)16-31-23-12-11-17(15-20(23)25)26(29)30-2/h3-12,15,25H,13-14,16H2,1-2H3. The van der Waals surface area contributed by atoms with Gasteiger partial charge in [-0.15, -0.1) is 11.8 Å². The zero-order chi connectivity index (χ0) is 22.1. The molecule has 5 rings (SSSR count). The van der Waals surface area contributed by atoms with Crippen molar-refractivity contribution in [3.63, 3.8) is 0 Å². The number of esters is 1. The second-order valence-corrected chi connectivity index (χ2v) is 9.02. The van der Waals surface area contributed by atoms with E-state index in [0.717, 1.165) is 40.3 Å². The van der Waals surface area contributed by atoms with Gasteiger partial charge in [0.05, 0.1) is 29.0 Å². The topological polar surface area (TPSA) is 53.3 Å². The van der Waals surface area contributed by atoms with Gasteiger partial charge >= 0.3 is 5.97 Å². The van der Waals surface area contributed by atoms with Crippen molar-refractivity contribution in [3.8, 4) is 5.75 Å². The Kier molecular flexibility index (Phi) is 5.62. The predicted octanol–water partition coefficient (Wildman–Crippen LogP) is 5.32. The predicted molar refractivity (Wildman–Crippen MR) is 127 cm³/mol. The van der Waals surface area contributed by atoms with Crippen LogP contribution in [0.2, 0.25) is 0 Å². The van der Waals surface area contributed by atoms with Crippen molar-refractivity contribution >= 4 is 28.8 Å². The number of methoxy groups -OCH3 is 1. The summed E-state index contributed by atoms with van der Waals surface area (Å²) in [7, 11) is 3.48. The summed E-state index contributed by atoms with van der Waals surface area (Å²) in [6, 6.07) is 22.1. The van der Waals surface area contributed by atoms with Crippen molar-refractivity contribution in [2.75, 3.05) is 12.9 Å². The molecule has 0 saturated carbocycles. The van der Waals surface area contributed by atoms with Crippen LogP contribution in [0.25, 0.3) is 11.0 Å². The number of benzene rings is 3. The highest BCUT2D eigenvalue weighted by molar-refractivity contribution is 7.99. The van der Waals surface area contributed by atoms with E-state index in [-0.39, 0.29) is 11.2 Å². The Hall–Kier alpha value is -3.25. The van der Waals surface area contributed by atoms with Gasteiger partial charge in [-0.1, -0.05) is 36.4 Å². The first kappa shape index (κ1) is 20.6. The van der Waals surface area contributed by atoms with Crippen molar-refractivity contribution in [2.45, 2.75) is 18.3 Å². The van der Waals surface area contributed by atoms with E-state index in [2.05, 4.69) is 41.9 Å². The average molecular weight is 445 g/mol. The first-order valence-electron chi connectivity index (χ1n) is 10.6. The zero-order valence-corrected chi connectivity index (χ0v) is 18.9. The highest BCUT2D eigenvalue weighted by Crippen LogP contribution is 2.44. The molecular weight excluding hydrogens is 420 g/mol. The number of imidazole rings is 1.